The van der Waals surface area contributed by atoms with Crippen molar-refractivity contribution in [2.24, 2.45) is 0 Å². The molecule has 1 heterocycles. The van der Waals surface area contributed by atoms with Crippen molar-refractivity contribution in [2.45, 2.75) is 19.9 Å². The van der Waals surface area contributed by atoms with Crippen LogP contribution in [-0.2, 0) is 0 Å². The molecule has 0 spiro atoms. The molecule has 3 heteroatoms. The maximum Gasteiger partial charge on any atom is 0.0686 e. The molecule has 0 fully saturated rings. The number of fused-ring (bicyclic) bond motifs is 1. The van der Waals surface area contributed by atoms with Crippen LogP contribution in [-0.4, -0.2) is 9.78 Å². The van der Waals surface area contributed by atoms with Gasteiger partial charge in [0.1, 0.15) is 0 Å². The third kappa shape index (κ3) is 1.42. The van der Waals surface area contributed by atoms with E-state index in [-0.39, 0.29) is 0 Å². The molecule has 2 rings (SSSR count). The van der Waals surface area contributed by atoms with Crippen molar-refractivity contribution in [3.63, 3.8) is 0 Å². The molecule has 0 radical (unpaired) electrons. The molecule has 2 nitrogen and oxygen atoms in total. The van der Waals surface area contributed by atoms with Crippen LogP contribution in [0.1, 0.15) is 19.9 Å². The molecule has 0 atom stereocenters. The molecule has 1 aromatic heterocycles. The zero-order chi connectivity index (χ0) is 9.42. The van der Waals surface area contributed by atoms with Crippen LogP contribution in [0.25, 0.3) is 10.9 Å². The van der Waals surface area contributed by atoms with E-state index in [1.54, 1.807) is 0 Å². The van der Waals surface area contributed by atoms with Gasteiger partial charge in [-0.15, -0.1) is 0 Å². The Morgan fingerprint density at radius 1 is 1.38 bits per heavy atom. The fourth-order valence-electron chi connectivity index (χ4n) is 1.44. The molecule has 0 N–H and O–H groups in total. The van der Waals surface area contributed by atoms with Crippen molar-refractivity contribution in [2.75, 3.05) is 0 Å². The van der Waals surface area contributed by atoms with Gasteiger partial charge >= 0.3 is 0 Å². The average molecular weight is 195 g/mol. The molecule has 13 heavy (non-hydrogen) atoms. The van der Waals surface area contributed by atoms with Crippen molar-refractivity contribution in [3.05, 3.63) is 29.4 Å². The Morgan fingerprint density at radius 3 is 2.85 bits per heavy atom. The fourth-order valence-corrected chi connectivity index (χ4v) is 1.62. The Kier molecular flexibility index (Phi) is 2.00. The minimum atomic E-state index is 0.388. The smallest absolute Gasteiger partial charge is 0.0686 e. The van der Waals surface area contributed by atoms with Crippen molar-refractivity contribution in [3.8, 4) is 0 Å². The van der Waals surface area contributed by atoms with Gasteiger partial charge in [-0.2, -0.15) is 5.10 Å². The lowest BCUT2D eigenvalue weighted by molar-refractivity contribution is 0.551. The molecular weight excluding hydrogens is 184 g/mol. The minimum absolute atomic E-state index is 0.388. The Bertz CT molecular complexity index is 431. The third-order valence-electron chi connectivity index (χ3n) is 2.05. The Morgan fingerprint density at radius 2 is 2.15 bits per heavy atom. The molecule has 0 saturated heterocycles. The first-order valence-electron chi connectivity index (χ1n) is 4.31. The Labute approximate surface area is 82.1 Å². The summed E-state index contributed by atoms with van der Waals surface area (Å²) < 4.78 is 1.99. The second kappa shape index (κ2) is 3.04. The van der Waals surface area contributed by atoms with Crippen LogP contribution in [0.2, 0.25) is 5.02 Å². The number of aromatic nitrogens is 2. The highest BCUT2D eigenvalue weighted by Crippen LogP contribution is 2.21. The maximum absolute atomic E-state index is 5.87. The van der Waals surface area contributed by atoms with Gasteiger partial charge in [0, 0.05) is 16.5 Å². The number of hydrogen-bond donors (Lipinski definition) is 0. The molecule has 68 valence electrons. The first-order valence-corrected chi connectivity index (χ1v) is 4.69. The lowest BCUT2D eigenvalue weighted by Crippen LogP contribution is -2.01. The number of nitrogens with zero attached hydrogens (tertiary/aromatic N) is 2. The van der Waals surface area contributed by atoms with Crippen LogP contribution in [0.4, 0.5) is 0 Å². The molecule has 0 bridgehead atoms. The highest BCUT2D eigenvalue weighted by Gasteiger charge is 2.04. The summed E-state index contributed by atoms with van der Waals surface area (Å²) in [6, 6.07) is 6.22. The van der Waals surface area contributed by atoms with Gasteiger partial charge in [0.25, 0.3) is 0 Å². The van der Waals surface area contributed by atoms with E-state index in [1.165, 1.54) is 0 Å². The summed E-state index contributed by atoms with van der Waals surface area (Å²) in [4.78, 5) is 0. The van der Waals surface area contributed by atoms with Gasteiger partial charge in [0.2, 0.25) is 0 Å². The molecule has 2 aromatic rings. The second-order valence-corrected chi connectivity index (χ2v) is 3.82. The van der Waals surface area contributed by atoms with E-state index in [1.807, 2.05) is 29.1 Å². The van der Waals surface area contributed by atoms with Gasteiger partial charge < -0.3 is 0 Å². The molecule has 0 aliphatic rings. The quantitative estimate of drug-likeness (QED) is 0.682. The summed E-state index contributed by atoms with van der Waals surface area (Å²) in [7, 11) is 0. The van der Waals surface area contributed by atoms with E-state index in [2.05, 4.69) is 18.9 Å². The van der Waals surface area contributed by atoms with E-state index in [4.69, 9.17) is 11.6 Å². The highest BCUT2D eigenvalue weighted by atomic mass is 35.5. The van der Waals surface area contributed by atoms with Gasteiger partial charge in [0.05, 0.1) is 11.7 Å². The molecular formula is C10H11ClN2. The summed E-state index contributed by atoms with van der Waals surface area (Å²) in [5.41, 5.74) is 1.14. The van der Waals surface area contributed by atoms with Crippen molar-refractivity contribution >= 4 is 22.5 Å². The van der Waals surface area contributed by atoms with Crippen molar-refractivity contribution in [1.29, 1.82) is 0 Å². The lowest BCUT2D eigenvalue weighted by atomic mass is 10.2. The topological polar surface area (TPSA) is 17.8 Å². The number of hydrogen-bond acceptors (Lipinski definition) is 1. The summed E-state index contributed by atoms with van der Waals surface area (Å²) >= 11 is 5.87. The summed E-state index contributed by atoms with van der Waals surface area (Å²) in [5.74, 6) is 0. The molecule has 0 aliphatic carbocycles. The monoisotopic (exact) mass is 194 g/mol. The maximum atomic E-state index is 5.87. The predicted molar refractivity (Wildman–Crippen MR) is 55.1 cm³/mol. The van der Waals surface area contributed by atoms with Gasteiger partial charge in [0.15, 0.2) is 0 Å². The highest BCUT2D eigenvalue weighted by molar-refractivity contribution is 6.31. The molecule has 0 aliphatic heterocycles. The number of halogens is 1. The largest absolute Gasteiger partial charge is 0.262 e. The van der Waals surface area contributed by atoms with Crippen LogP contribution in [0, 0.1) is 0 Å². The van der Waals surface area contributed by atoms with Gasteiger partial charge in [-0.3, -0.25) is 4.68 Å². The summed E-state index contributed by atoms with van der Waals surface area (Å²) in [5, 5.41) is 6.15. The van der Waals surface area contributed by atoms with Crippen LogP contribution in [0.3, 0.4) is 0 Å². The first-order chi connectivity index (χ1) is 6.18. The van der Waals surface area contributed by atoms with Crippen LogP contribution in [0.5, 0.6) is 0 Å². The number of rotatable bonds is 1. The molecule has 0 amide bonds. The van der Waals surface area contributed by atoms with E-state index < -0.39 is 0 Å². The zero-order valence-corrected chi connectivity index (χ0v) is 8.42. The molecule has 1 aromatic carbocycles. The van der Waals surface area contributed by atoms with E-state index in [9.17, 15) is 0 Å². The van der Waals surface area contributed by atoms with Crippen molar-refractivity contribution in [1.82, 2.24) is 9.78 Å². The predicted octanol–water partition coefficient (Wildman–Crippen LogP) is 3.27. The standard InChI is InChI=1S/C10H11ClN2/c1-7(2)13-10-4-3-9(11)5-8(10)6-12-13/h3-7H,1-2H3. The van der Waals surface area contributed by atoms with Crippen LogP contribution >= 0.6 is 11.6 Å². The third-order valence-corrected chi connectivity index (χ3v) is 2.28. The van der Waals surface area contributed by atoms with Gasteiger partial charge in [-0.1, -0.05) is 11.6 Å². The van der Waals surface area contributed by atoms with Gasteiger partial charge in [-0.05, 0) is 32.0 Å². The Balaban J connectivity index is 2.69. The van der Waals surface area contributed by atoms with E-state index >= 15 is 0 Å². The zero-order valence-electron chi connectivity index (χ0n) is 7.66. The van der Waals surface area contributed by atoms with Crippen LogP contribution < -0.4 is 0 Å². The minimum Gasteiger partial charge on any atom is -0.262 e. The van der Waals surface area contributed by atoms with Crippen LogP contribution in [0.15, 0.2) is 24.4 Å². The average Bonchev–Trinajstić information content (AvgIpc) is 2.46. The van der Waals surface area contributed by atoms with E-state index in [0.717, 1.165) is 15.9 Å². The second-order valence-electron chi connectivity index (χ2n) is 3.39. The van der Waals surface area contributed by atoms with Gasteiger partial charge in [-0.25, -0.2) is 0 Å². The Hall–Kier alpha value is -1.02. The van der Waals surface area contributed by atoms with E-state index in [0.29, 0.717) is 6.04 Å². The first kappa shape index (κ1) is 8.57. The normalized spacial score (nSPS) is 11.4. The number of benzene rings is 1. The summed E-state index contributed by atoms with van der Waals surface area (Å²) in [6.07, 6.45) is 1.85. The van der Waals surface area contributed by atoms with Crippen molar-refractivity contribution < 1.29 is 0 Å². The lowest BCUT2D eigenvalue weighted by Gasteiger charge is -2.06. The SMILES string of the molecule is CC(C)n1ncc2cc(Cl)ccc21. The summed E-state index contributed by atoms with van der Waals surface area (Å²) in [6.45, 7) is 4.22. The molecule has 0 unspecified atom stereocenters. The molecule has 0 saturated carbocycles. The fraction of sp³-hybridized carbons (Fsp3) is 0.300.